The molecule has 1 aliphatic rings. The van der Waals surface area contributed by atoms with E-state index in [-0.39, 0.29) is 6.42 Å². The molecule has 1 aromatic carbocycles. The van der Waals surface area contributed by atoms with Gasteiger partial charge < -0.3 is 11.1 Å². The van der Waals surface area contributed by atoms with Crippen LogP contribution < -0.4 is 15.8 Å². The summed E-state index contributed by atoms with van der Waals surface area (Å²) in [5, 5.41) is 3.21. The number of hydrogen-bond acceptors (Lipinski definition) is 4. The molecule has 4 N–H and O–H groups in total. The molecule has 1 aliphatic heterocycles. The van der Waals surface area contributed by atoms with Gasteiger partial charge in [-0.2, -0.15) is 0 Å². The molecule has 1 unspecified atom stereocenters. The summed E-state index contributed by atoms with van der Waals surface area (Å²) in [5.74, 6) is -0.528. The van der Waals surface area contributed by atoms with Gasteiger partial charge in [-0.3, -0.25) is 4.79 Å². The van der Waals surface area contributed by atoms with Gasteiger partial charge in [0.25, 0.3) is 0 Å². The number of rotatable bonds is 5. The van der Waals surface area contributed by atoms with Crippen molar-refractivity contribution in [2.24, 2.45) is 5.73 Å². The van der Waals surface area contributed by atoms with Crippen LogP contribution in [0.25, 0.3) is 0 Å². The van der Waals surface area contributed by atoms with E-state index in [1.807, 2.05) is 6.07 Å². The van der Waals surface area contributed by atoms with E-state index in [2.05, 4.69) is 10.0 Å². The number of hydrogen-bond donors (Lipinski definition) is 3. The van der Waals surface area contributed by atoms with Crippen LogP contribution in [0.5, 0.6) is 0 Å². The number of sulfonamides is 1. The maximum atomic E-state index is 12.4. The minimum absolute atomic E-state index is 0.0180. The first-order chi connectivity index (χ1) is 9.40. The Hall–Kier alpha value is -1.44. The smallest absolute Gasteiger partial charge is 0.241 e. The molecule has 7 heteroatoms. The molecule has 0 spiro atoms. The maximum Gasteiger partial charge on any atom is 0.241 e. The molecule has 1 aromatic rings. The molecule has 0 aromatic heterocycles. The van der Waals surface area contributed by atoms with Gasteiger partial charge >= 0.3 is 0 Å². The summed E-state index contributed by atoms with van der Waals surface area (Å²) in [6.07, 6.45) is 0.659. The van der Waals surface area contributed by atoms with Crippen molar-refractivity contribution in [3.8, 4) is 0 Å². The van der Waals surface area contributed by atoms with Crippen LogP contribution >= 0.6 is 0 Å². The average molecular weight is 297 g/mol. The molecule has 0 aliphatic carbocycles. The highest BCUT2D eigenvalue weighted by atomic mass is 32.2. The van der Waals surface area contributed by atoms with Crippen molar-refractivity contribution in [1.29, 1.82) is 0 Å². The summed E-state index contributed by atoms with van der Waals surface area (Å²) >= 11 is 0. The highest BCUT2D eigenvalue weighted by Crippen LogP contribution is 2.23. The lowest BCUT2D eigenvalue weighted by Gasteiger charge is -2.21. The minimum atomic E-state index is -3.63. The largest absolute Gasteiger partial charge is 0.370 e. The number of primary amides is 1. The zero-order chi connectivity index (χ0) is 14.8. The fourth-order valence-corrected chi connectivity index (χ4v) is 3.98. The lowest BCUT2D eigenvalue weighted by molar-refractivity contribution is -0.118. The first kappa shape index (κ1) is 15.0. The van der Waals surface area contributed by atoms with Crippen LogP contribution in [0.1, 0.15) is 24.5 Å². The number of carbonyl (C=O) groups excluding carboxylic acids is 1. The Morgan fingerprint density at radius 2 is 2.25 bits per heavy atom. The summed E-state index contributed by atoms with van der Waals surface area (Å²) in [4.78, 5) is 11.1. The quantitative estimate of drug-likeness (QED) is 0.705. The van der Waals surface area contributed by atoms with E-state index in [9.17, 15) is 13.2 Å². The van der Waals surface area contributed by atoms with E-state index in [0.717, 1.165) is 17.7 Å². The third-order valence-corrected chi connectivity index (χ3v) is 4.92. The SMILES string of the molecule is CC(CC(N)=O)NS(=O)(=O)c1cccc2c1CCNC2. The number of nitrogens with two attached hydrogens (primary N) is 1. The zero-order valence-electron chi connectivity index (χ0n) is 11.3. The Morgan fingerprint density at radius 1 is 1.50 bits per heavy atom. The number of amides is 1. The molecule has 1 atom stereocenters. The van der Waals surface area contributed by atoms with Crippen molar-refractivity contribution in [3.05, 3.63) is 29.3 Å². The van der Waals surface area contributed by atoms with Gasteiger partial charge in [0.2, 0.25) is 15.9 Å². The van der Waals surface area contributed by atoms with Crippen LogP contribution in [-0.2, 0) is 27.8 Å². The Morgan fingerprint density at radius 3 is 2.95 bits per heavy atom. The minimum Gasteiger partial charge on any atom is -0.370 e. The summed E-state index contributed by atoms with van der Waals surface area (Å²) in [6.45, 7) is 3.06. The number of benzene rings is 1. The van der Waals surface area contributed by atoms with Crippen LogP contribution in [-0.4, -0.2) is 26.9 Å². The fourth-order valence-electron chi connectivity index (χ4n) is 2.42. The average Bonchev–Trinajstić information content (AvgIpc) is 2.36. The van der Waals surface area contributed by atoms with Crippen LogP contribution in [0.15, 0.2) is 23.1 Å². The highest BCUT2D eigenvalue weighted by Gasteiger charge is 2.24. The molecule has 110 valence electrons. The molecule has 0 bridgehead atoms. The van der Waals surface area contributed by atoms with Gasteiger partial charge in [-0.15, -0.1) is 0 Å². The Balaban J connectivity index is 2.28. The molecule has 2 rings (SSSR count). The summed E-state index contributed by atoms with van der Waals surface area (Å²) in [6, 6.07) is 4.74. The van der Waals surface area contributed by atoms with E-state index in [1.54, 1.807) is 19.1 Å². The molecule has 0 radical (unpaired) electrons. The van der Waals surface area contributed by atoms with E-state index in [4.69, 9.17) is 5.73 Å². The van der Waals surface area contributed by atoms with Gasteiger partial charge in [0.1, 0.15) is 0 Å². The van der Waals surface area contributed by atoms with E-state index in [0.29, 0.717) is 17.9 Å². The third-order valence-electron chi connectivity index (χ3n) is 3.25. The monoisotopic (exact) mass is 297 g/mol. The molecule has 20 heavy (non-hydrogen) atoms. The summed E-state index contributed by atoms with van der Waals surface area (Å²) in [5.41, 5.74) is 6.93. The topological polar surface area (TPSA) is 101 Å². The maximum absolute atomic E-state index is 12.4. The van der Waals surface area contributed by atoms with Gasteiger partial charge in [-0.05, 0) is 37.1 Å². The number of fused-ring (bicyclic) bond motifs is 1. The standard InChI is InChI=1S/C13H19N3O3S/c1-9(7-13(14)17)16-20(18,19)12-4-2-3-10-8-15-6-5-11(10)12/h2-4,9,15-16H,5-8H2,1H3,(H2,14,17). The molecule has 6 nitrogen and oxygen atoms in total. The Kier molecular flexibility index (Phi) is 4.42. The van der Waals surface area contributed by atoms with E-state index >= 15 is 0 Å². The molecule has 0 fully saturated rings. The van der Waals surface area contributed by atoms with E-state index < -0.39 is 22.0 Å². The van der Waals surface area contributed by atoms with Crippen LogP contribution in [0.2, 0.25) is 0 Å². The Bertz CT molecular complexity index is 613. The van der Waals surface area contributed by atoms with Gasteiger partial charge in [-0.1, -0.05) is 12.1 Å². The summed E-state index contributed by atoms with van der Waals surface area (Å²) in [7, 11) is -3.63. The zero-order valence-corrected chi connectivity index (χ0v) is 12.2. The van der Waals surface area contributed by atoms with Crippen molar-refractivity contribution in [3.63, 3.8) is 0 Å². The molecular formula is C13H19N3O3S. The second-order valence-corrected chi connectivity index (χ2v) is 6.70. The van der Waals surface area contributed by atoms with E-state index in [1.165, 1.54) is 0 Å². The lowest BCUT2D eigenvalue weighted by atomic mass is 10.0. The van der Waals surface area contributed by atoms with Crippen molar-refractivity contribution < 1.29 is 13.2 Å². The Labute approximate surface area is 118 Å². The van der Waals surface area contributed by atoms with Gasteiger partial charge in [0.15, 0.2) is 0 Å². The van der Waals surface area contributed by atoms with Crippen LogP contribution in [0, 0.1) is 0 Å². The number of carbonyl (C=O) groups is 1. The highest BCUT2D eigenvalue weighted by molar-refractivity contribution is 7.89. The lowest BCUT2D eigenvalue weighted by Crippen LogP contribution is -2.37. The third kappa shape index (κ3) is 3.36. The van der Waals surface area contributed by atoms with Gasteiger partial charge in [0.05, 0.1) is 4.90 Å². The number of nitrogens with one attached hydrogen (secondary N) is 2. The normalized spacial score (nSPS) is 16.4. The first-order valence-corrected chi connectivity index (χ1v) is 8.00. The second kappa shape index (κ2) is 5.90. The second-order valence-electron chi connectivity index (χ2n) is 5.01. The van der Waals surface area contributed by atoms with Crippen molar-refractivity contribution >= 4 is 15.9 Å². The van der Waals surface area contributed by atoms with Crippen molar-refractivity contribution in [2.75, 3.05) is 6.54 Å². The molecule has 1 amide bonds. The van der Waals surface area contributed by atoms with Gasteiger partial charge in [-0.25, -0.2) is 13.1 Å². The molecular weight excluding hydrogens is 278 g/mol. The van der Waals surface area contributed by atoms with Crippen LogP contribution in [0.3, 0.4) is 0 Å². The summed E-state index contributed by atoms with van der Waals surface area (Å²) < 4.78 is 27.3. The fraction of sp³-hybridized carbons (Fsp3) is 0.462. The molecule has 1 heterocycles. The predicted octanol–water partition coefficient (Wildman–Crippen LogP) is -0.125. The van der Waals surface area contributed by atoms with Crippen LogP contribution in [0.4, 0.5) is 0 Å². The molecule has 0 saturated heterocycles. The first-order valence-electron chi connectivity index (χ1n) is 6.52. The predicted molar refractivity (Wildman–Crippen MR) is 75.4 cm³/mol. The van der Waals surface area contributed by atoms with Crippen molar-refractivity contribution in [2.45, 2.75) is 37.2 Å². The molecule has 0 saturated carbocycles. The van der Waals surface area contributed by atoms with Crippen molar-refractivity contribution in [1.82, 2.24) is 10.0 Å². The van der Waals surface area contributed by atoms with Gasteiger partial charge in [0, 0.05) is 19.0 Å².